The van der Waals surface area contributed by atoms with Gasteiger partial charge in [-0.05, 0) is 51.2 Å². The van der Waals surface area contributed by atoms with E-state index in [2.05, 4.69) is 5.32 Å². The Balaban J connectivity index is 1.62. The molecule has 0 atom stereocenters. The Morgan fingerprint density at radius 3 is 2.65 bits per heavy atom. The van der Waals surface area contributed by atoms with Gasteiger partial charge in [-0.2, -0.15) is 4.31 Å². The van der Waals surface area contributed by atoms with E-state index in [0.717, 1.165) is 6.42 Å². The number of oxazole rings is 1. The van der Waals surface area contributed by atoms with Crippen molar-refractivity contribution < 1.29 is 22.4 Å². The number of methoxy groups -OCH3 is 1. The number of hydrogen-bond donors (Lipinski definition) is 1. The lowest BCUT2D eigenvalue weighted by molar-refractivity contribution is -0.122. The van der Waals surface area contributed by atoms with Gasteiger partial charge in [0, 0.05) is 51.9 Å². The zero-order valence-electron chi connectivity index (χ0n) is 18.3. The molecule has 1 N–H and O–H groups in total. The lowest BCUT2D eigenvalue weighted by atomic mass is 9.94. The summed E-state index contributed by atoms with van der Waals surface area (Å²) >= 11 is 0. The fraction of sp³-hybridized carbons (Fsp3) is 0.619. The van der Waals surface area contributed by atoms with Crippen LogP contribution in [0.1, 0.15) is 45.6 Å². The first kappa shape index (κ1) is 23.5. The minimum atomic E-state index is -3.70. The number of nitrogens with one attached hydrogen (secondary N) is 1. The highest BCUT2D eigenvalue weighted by Gasteiger charge is 2.30. The predicted molar refractivity (Wildman–Crippen MR) is 116 cm³/mol. The number of aromatic nitrogens is 1. The summed E-state index contributed by atoms with van der Waals surface area (Å²) in [4.78, 5) is 24.2. The van der Waals surface area contributed by atoms with E-state index in [1.807, 2.05) is 13.8 Å². The van der Waals surface area contributed by atoms with Crippen molar-refractivity contribution in [3.63, 3.8) is 0 Å². The van der Waals surface area contributed by atoms with E-state index in [0.29, 0.717) is 51.0 Å². The van der Waals surface area contributed by atoms with Gasteiger partial charge in [0.25, 0.3) is 0 Å². The molecule has 31 heavy (non-hydrogen) atoms. The molecule has 1 aliphatic rings. The quantitative estimate of drug-likeness (QED) is 0.582. The first-order chi connectivity index (χ1) is 14.7. The van der Waals surface area contributed by atoms with Gasteiger partial charge in [0.2, 0.25) is 15.9 Å². The topological polar surface area (TPSA) is 111 Å². The maximum absolute atomic E-state index is 13.1. The average Bonchev–Trinajstić information content (AvgIpc) is 3.06. The molecule has 1 saturated heterocycles. The molecular weight excluding hydrogens is 422 g/mol. The molecule has 1 aliphatic heterocycles. The predicted octanol–water partition coefficient (Wildman–Crippen LogP) is 2.12. The van der Waals surface area contributed by atoms with Crippen LogP contribution in [0.3, 0.4) is 0 Å². The van der Waals surface area contributed by atoms with Gasteiger partial charge >= 0.3 is 5.76 Å². The molecule has 0 unspecified atom stereocenters. The summed E-state index contributed by atoms with van der Waals surface area (Å²) in [7, 11) is -2.08. The number of hydrogen-bond acceptors (Lipinski definition) is 6. The first-order valence-electron chi connectivity index (χ1n) is 10.6. The highest BCUT2D eigenvalue weighted by atomic mass is 32.2. The van der Waals surface area contributed by atoms with Gasteiger partial charge in [-0.3, -0.25) is 9.36 Å². The van der Waals surface area contributed by atoms with Gasteiger partial charge in [0.1, 0.15) is 0 Å². The third-order valence-corrected chi connectivity index (χ3v) is 7.53. The largest absolute Gasteiger partial charge is 0.420 e. The van der Waals surface area contributed by atoms with E-state index in [9.17, 15) is 18.0 Å². The van der Waals surface area contributed by atoms with Gasteiger partial charge in [-0.1, -0.05) is 0 Å². The van der Waals surface area contributed by atoms with E-state index in [4.69, 9.17) is 9.15 Å². The Labute approximate surface area is 182 Å². The lowest BCUT2D eigenvalue weighted by Gasteiger charge is -2.31. The van der Waals surface area contributed by atoms with Crippen LogP contribution in [0, 0.1) is 5.92 Å². The fourth-order valence-corrected chi connectivity index (χ4v) is 5.43. The van der Waals surface area contributed by atoms with Crippen LogP contribution in [-0.2, 0) is 19.6 Å². The molecule has 9 nitrogen and oxygen atoms in total. The van der Waals surface area contributed by atoms with Crippen LogP contribution in [0.4, 0.5) is 0 Å². The van der Waals surface area contributed by atoms with Crippen LogP contribution in [0.25, 0.3) is 11.1 Å². The summed E-state index contributed by atoms with van der Waals surface area (Å²) in [6.45, 7) is 5.64. The Bertz CT molecular complexity index is 1060. The number of nitrogens with zero attached hydrogens (tertiary/aromatic N) is 2. The third kappa shape index (κ3) is 5.36. The Kier molecular flexibility index (Phi) is 7.55. The molecule has 0 saturated carbocycles. The number of ether oxygens (including phenoxy) is 1. The normalized spacial score (nSPS) is 16.3. The number of fused-ring (bicyclic) bond motifs is 1. The summed E-state index contributed by atoms with van der Waals surface area (Å²) in [5.74, 6) is -0.345. The SMILES string of the molecule is COCCCNC(=O)CC1CCN(S(=O)(=O)c2ccc3c(c2)oc(=O)n3C(C)C)CC1. The molecule has 0 spiro atoms. The van der Waals surface area contributed by atoms with Crippen molar-refractivity contribution in [3.05, 3.63) is 28.7 Å². The van der Waals surface area contributed by atoms with Gasteiger partial charge in [0.05, 0.1) is 10.4 Å². The second-order valence-electron chi connectivity index (χ2n) is 8.21. The zero-order chi connectivity index (χ0) is 22.6. The van der Waals surface area contributed by atoms with Crippen LogP contribution >= 0.6 is 0 Å². The summed E-state index contributed by atoms with van der Waals surface area (Å²) in [6, 6.07) is 4.47. The zero-order valence-corrected chi connectivity index (χ0v) is 19.1. The van der Waals surface area contributed by atoms with Crippen molar-refractivity contribution >= 4 is 27.0 Å². The number of rotatable bonds is 9. The van der Waals surface area contributed by atoms with E-state index in [1.165, 1.54) is 21.0 Å². The molecule has 2 aromatic rings. The monoisotopic (exact) mass is 453 g/mol. The molecule has 2 heterocycles. The number of sulfonamides is 1. The molecule has 1 aromatic carbocycles. The smallest absolute Gasteiger partial charge is 0.408 e. The van der Waals surface area contributed by atoms with Crippen molar-refractivity contribution in [2.45, 2.75) is 50.5 Å². The van der Waals surface area contributed by atoms with E-state index in [-0.39, 0.29) is 28.3 Å². The molecule has 0 aliphatic carbocycles. The fourth-order valence-electron chi connectivity index (χ4n) is 3.95. The number of carbonyl (C=O) groups is 1. The highest BCUT2D eigenvalue weighted by Crippen LogP contribution is 2.27. The van der Waals surface area contributed by atoms with Gasteiger partial charge in [0.15, 0.2) is 5.58 Å². The van der Waals surface area contributed by atoms with Crippen molar-refractivity contribution in [2.75, 3.05) is 33.4 Å². The molecule has 10 heteroatoms. The minimum Gasteiger partial charge on any atom is -0.408 e. The lowest BCUT2D eigenvalue weighted by Crippen LogP contribution is -2.39. The van der Waals surface area contributed by atoms with Crippen LogP contribution in [0.5, 0.6) is 0 Å². The minimum absolute atomic E-state index is 0.00689. The summed E-state index contributed by atoms with van der Waals surface area (Å²) in [6.07, 6.45) is 2.43. The Morgan fingerprint density at radius 2 is 2.00 bits per heavy atom. The van der Waals surface area contributed by atoms with Crippen molar-refractivity contribution in [3.8, 4) is 0 Å². The Hall–Kier alpha value is -2.17. The van der Waals surface area contributed by atoms with E-state index in [1.54, 1.807) is 13.2 Å². The summed E-state index contributed by atoms with van der Waals surface area (Å²) in [5, 5.41) is 2.87. The maximum Gasteiger partial charge on any atom is 0.420 e. The standard InChI is InChI=1S/C21H31N3O6S/c1-15(2)24-18-6-5-17(14-19(18)30-21(24)26)31(27,28)23-10-7-16(8-11-23)13-20(25)22-9-4-12-29-3/h5-6,14-16H,4,7-13H2,1-3H3,(H,22,25). The number of carbonyl (C=O) groups excluding carboxylic acids is 1. The molecule has 1 fully saturated rings. The Morgan fingerprint density at radius 1 is 1.29 bits per heavy atom. The molecule has 1 amide bonds. The molecule has 172 valence electrons. The van der Waals surface area contributed by atoms with Crippen LogP contribution in [-0.4, -0.2) is 56.5 Å². The number of piperidine rings is 1. The van der Waals surface area contributed by atoms with Crippen LogP contribution in [0.2, 0.25) is 0 Å². The third-order valence-electron chi connectivity index (χ3n) is 5.63. The molecular formula is C21H31N3O6S. The number of benzene rings is 1. The van der Waals surface area contributed by atoms with Crippen molar-refractivity contribution in [1.29, 1.82) is 0 Å². The second kappa shape index (κ2) is 9.97. The second-order valence-corrected chi connectivity index (χ2v) is 10.1. The van der Waals surface area contributed by atoms with Gasteiger partial charge < -0.3 is 14.5 Å². The van der Waals surface area contributed by atoms with Crippen LogP contribution in [0.15, 0.2) is 32.3 Å². The van der Waals surface area contributed by atoms with Crippen molar-refractivity contribution in [2.24, 2.45) is 5.92 Å². The molecule has 3 rings (SSSR count). The van der Waals surface area contributed by atoms with Crippen molar-refractivity contribution in [1.82, 2.24) is 14.2 Å². The molecule has 0 radical (unpaired) electrons. The first-order valence-corrected chi connectivity index (χ1v) is 12.1. The van der Waals surface area contributed by atoms with Crippen LogP contribution < -0.4 is 11.1 Å². The summed E-state index contributed by atoms with van der Waals surface area (Å²) < 4.78 is 39.4. The average molecular weight is 454 g/mol. The van der Waals surface area contributed by atoms with Gasteiger partial charge in [-0.15, -0.1) is 0 Å². The molecule has 1 aromatic heterocycles. The van der Waals surface area contributed by atoms with E-state index >= 15 is 0 Å². The summed E-state index contributed by atoms with van der Waals surface area (Å²) in [5.41, 5.74) is 0.842. The maximum atomic E-state index is 13.1. The van der Waals surface area contributed by atoms with E-state index < -0.39 is 15.8 Å². The molecule has 0 bridgehead atoms. The highest BCUT2D eigenvalue weighted by molar-refractivity contribution is 7.89. The number of amides is 1. The van der Waals surface area contributed by atoms with Gasteiger partial charge in [-0.25, -0.2) is 13.2 Å².